The highest BCUT2D eigenvalue weighted by atomic mass is 16.6. The van der Waals surface area contributed by atoms with Crippen molar-refractivity contribution in [3.8, 4) is 23.0 Å². The predicted molar refractivity (Wildman–Crippen MR) is 101 cm³/mol. The molecule has 1 N–H and O–H groups in total. The number of methoxy groups -OCH3 is 3. The molecule has 0 bridgehead atoms. The summed E-state index contributed by atoms with van der Waals surface area (Å²) in [6.45, 7) is -0.473. The molecule has 0 atom stereocenters. The van der Waals surface area contributed by atoms with Crippen molar-refractivity contribution in [3.63, 3.8) is 0 Å². The number of amides is 1. The van der Waals surface area contributed by atoms with Crippen molar-refractivity contribution in [2.75, 3.05) is 34.5 Å². The van der Waals surface area contributed by atoms with Gasteiger partial charge in [-0.3, -0.25) is 4.79 Å². The van der Waals surface area contributed by atoms with E-state index in [9.17, 15) is 9.59 Å². The van der Waals surface area contributed by atoms with Gasteiger partial charge in [0.25, 0.3) is 5.91 Å². The summed E-state index contributed by atoms with van der Waals surface area (Å²) in [6, 6.07) is 12.3. The van der Waals surface area contributed by atoms with Gasteiger partial charge in [0.2, 0.25) is 5.75 Å². The number of carbonyl (C=O) groups excluding carboxylic acids is 2. The Morgan fingerprint density at radius 2 is 1.54 bits per heavy atom. The summed E-state index contributed by atoms with van der Waals surface area (Å²) in [7, 11) is 4.53. The summed E-state index contributed by atoms with van der Waals surface area (Å²) in [5, 5.41) is 2.66. The van der Waals surface area contributed by atoms with E-state index in [2.05, 4.69) is 5.32 Å². The molecule has 2 aromatic rings. The lowest BCUT2D eigenvalue weighted by molar-refractivity contribution is -0.150. The first-order valence-corrected chi connectivity index (χ1v) is 8.46. The Hall–Kier alpha value is -3.42. The van der Waals surface area contributed by atoms with Gasteiger partial charge in [-0.2, -0.15) is 0 Å². The number of nitrogens with one attached hydrogen (secondary N) is 1. The Morgan fingerprint density at radius 3 is 2.11 bits per heavy atom. The molecule has 150 valence electrons. The zero-order chi connectivity index (χ0) is 20.4. The molecule has 8 nitrogen and oxygen atoms in total. The molecular weight excluding hydrogens is 366 g/mol. The third-order valence-electron chi connectivity index (χ3n) is 3.68. The second-order valence-corrected chi connectivity index (χ2v) is 5.57. The monoisotopic (exact) mass is 389 g/mol. The van der Waals surface area contributed by atoms with Gasteiger partial charge < -0.3 is 29.0 Å². The molecule has 0 aliphatic heterocycles. The zero-order valence-electron chi connectivity index (χ0n) is 16.0. The van der Waals surface area contributed by atoms with Crippen LogP contribution >= 0.6 is 0 Å². The van der Waals surface area contributed by atoms with Crippen molar-refractivity contribution in [2.24, 2.45) is 0 Å². The van der Waals surface area contributed by atoms with Gasteiger partial charge in [-0.25, -0.2) is 4.79 Å². The Morgan fingerprint density at radius 1 is 0.893 bits per heavy atom. The van der Waals surface area contributed by atoms with Crippen LogP contribution in [-0.2, 0) is 20.9 Å². The van der Waals surface area contributed by atoms with Crippen LogP contribution in [0.3, 0.4) is 0 Å². The quantitative estimate of drug-likeness (QED) is 0.621. The van der Waals surface area contributed by atoms with E-state index in [1.165, 1.54) is 21.3 Å². The lowest BCUT2D eigenvalue weighted by Crippen LogP contribution is -2.29. The third-order valence-corrected chi connectivity index (χ3v) is 3.68. The fourth-order valence-electron chi connectivity index (χ4n) is 2.34. The van der Waals surface area contributed by atoms with Crippen molar-refractivity contribution >= 4 is 11.9 Å². The first-order chi connectivity index (χ1) is 13.6. The van der Waals surface area contributed by atoms with E-state index in [4.69, 9.17) is 23.7 Å². The van der Waals surface area contributed by atoms with Gasteiger partial charge in [0.1, 0.15) is 5.75 Å². The number of esters is 1. The molecular formula is C20H23NO7. The third kappa shape index (κ3) is 6.08. The van der Waals surface area contributed by atoms with Crippen LogP contribution < -0.4 is 24.3 Å². The van der Waals surface area contributed by atoms with Crippen LogP contribution in [0.4, 0.5) is 0 Å². The molecule has 2 rings (SSSR count). The van der Waals surface area contributed by atoms with E-state index in [1.54, 1.807) is 36.4 Å². The number of hydrogen-bond acceptors (Lipinski definition) is 7. The number of hydrogen-bond donors (Lipinski definition) is 1. The van der Waals surface area contributed by atoms with Gasteiger partial charge >= 0.3 is 5.97 Å². The first kappa shape index (κ1) is 20.9. The molecule has 1 amide bonds. The maximum atomic E-state index is 11.9. The lowest BCUT2D eigenvalue weighted by atomic mass is 10.1. The second kappa shape index (κ2) is 10.7. The van der Waals surface area contributed by atoms with Crippen LogP contribution in [0.25, 0.3) is 0 Å². The SMILES string of the molecule is COc1cc(CNC(=O)COC(=O)COc2ccccc2)cc(OC)c1OC. The summed E-state index contributed by atoms with van der Waals surface area (Å²) in [6.07, 6.45) is 0. The zero-order valence-corrected chi connectivity index (χ0v) is 16.0. The van der Waals surface area contributed by atoms with Gasteiger partial charge in [-0.05, 0) is 29.8 Å². The topological polar surface area (TPSA) is 92.3 Å². The molecule has 0 unspecified atom stereocenters. The van der Waals surface area contributed by atoms with Crippen molar-refractivity contribution in [3.05, 3.63) is 48.0 Å². The molecule has 2 aromatic carbocycles. The van der Waals surface area contributed by atoms with Crippen LogP contribution in [0.15, 0.2) is 42.5 Å². The summed E-state index contributed by atoms with van der Waals surface area (Å²) in [5.41, 5.74) is 0.738. The van der Waals surface area contributed by atoms with Crippen LogP contribution in [0.5, 0.6) is 23.0 Å². The molecule has 0 fully saturated rings. The van der Waals surface area contributed by atoms with Crippen molar-refractivity contribution in [2.45, 2.75) is 6.54 Å². The number of para-hydroxylation sites is 1. The molecule has 0 saturated heterocycles. The van der Waals surface area contributed by atoms with E-state index in [1.807, 2.05) is 6.07 Å². The average molecular weight is 389 g/mol. The van der Waals surface area contributed by atoms with Gasteiger partial charge in [0, 0.05) is 6.54 Å². The van der Waals surface area contributed by atoms with Crippen LogP contribution in [-0.4, -0.2) is 46.4 Å². The second-order valence-electron chi connectivity index (χ2n) is 5.57. The Balaban J connectivity index is 1.79. The Labute approximate surface area is 163 Å². The number of benzene rings is 2. The lowest BCUT2D eigenvalue weighted by Gasteiger charge is -2.14. The average Bonchev–Trinajstić information content (AvgIpc) is 2.74. The Bertz CT molecular complexity index is 767. The van der Waals surface area contributed by atoms with Crippen LogP contribution in [0.2, 0.25) is 0 Å². The molecule has 0 aliphatic carbocycles. The molecule has 28 heavy (non-hydrogen) atoms. The normalized spacial score (nSPS) is 9.96. The highest BCUT2D eigenvalue weighted by molar-refractivity contribution is 5.80. The smallest absolute Gasteiger partial charge is 0.344 e. The van der Waals surface area contributed by atoms with Gasteiger partial charge in [0.05, 0.1) is 21.3 Å². The molecule has 0 spiro atoms. The number of ether oxygens (including phenoxy) is 5. The molecule has 0 radical (unpaired) electrons. The summed E-state index contributed by atoms with van der Waals surface area (Å²) in [5.74, 6) is 0.901. The molecule has 0 heterocycles. The van der Waals surface area contributed by atoms with Gasteiger partial charge in [-0.15, -0.1) is 0 Å². The van der Waals surface area contributed by atoms with E-state index in [0.29, 0.717) is 23.0 Å². The van der Waals surface area contributed by atoms with Crippen LogP contribution in [0, 0.1) is 0 Å². The van der Waals surface area contributed by atoms with Crippen molar-refractivity contribution < 1.29 is 33.3 Å². The number of carbonyl (C=O) groups is 2. The van der Waals surface area contributed by atoms with Crippen LogP contribution in [0.1, 0.15) is 5.56 Å². The van der Waals surface area contributed by atoms with Crippen molar-refractivity contribution in [1.82, 2.24) is 5.32 Å². The van der Waals surface area contributed by atoms with Crippen molar-refractivity contribution in [1.29, 1.82) is 0 Å². The van der Waals surface area contributed by atoms with E-state index < -0.39 is 18.5 Å². The summed E-state index contributed by atoms with van der Waals surface area (Å²) >= 11 is 0. The Kier molecular flexibility index (Phi) is 7.95. The summed E-state index contributed by atoms with van der Waals surface area (Å²) < 4.78 is 25.9. The summed E-state index contributed by atoms with van der Waals surface area (Å²) in [4.78, 5) is 23.6. The minimum Gasteiger partial charge on any atom is -0.493 e. The standard InChI is InChI=1S/C20H23NO7/c1-24-16-9-14(10-17(25-2)20(16)26-3)11-21-18(22)12-28-19(23)13-27-15-7-5-4-6-8-15/h4-10H,11-13H2,1-3H3,(H,21,22). The highest BCUT2D eigenvalue weighted by Crippen LogP contribution is 2.38. The molecule has 0 saturated carbocycles. The van der Waals surface area contributed by atoms with E-state index >= 15 is 0 Å². The largest absolute Gasteiger partial charge is 0.493 e. The fourth-order valence-corrected chi connectivity index (χ4v) is 2.34. The van der Waals surface area contributed by atoms with E-state index in [0.717, 1.165) is 5.56 Å². The minimum absolute atomic E-state index is 0.202. The maximum Gasteiger partial charge on any atom is 0.344 e. The molecule has 0 aliphatic rings. The maximum absolute atomic E-state index is 11.9. The van der Waals surface area contributed by atoms with E-state index in [-0.39, 0.29) is 13.2 Å². The first-order valence-electron chi connectivity index (χ1n) is 8.46. The molecule has 8 heteroatoms. The minimum atomic E-state index is -0.633. The predicted octanol–water partition coefficient (Wildman–Crippen LogP) is 1.95. The van der Waals surface area contributed by atoms with Gasteiger partial charge in [0.15, 0.2) is 24.7 Å². The number of rotatable bonds is 10. The molecule has 0 aromatic heterocycles. The van der Waals surface area contributed by atoms with Gasteiger partial charge in [-0.1, -0.05) is 18.2 Å². The highest BCUT2D eigenvalue weighted by Gasteiger charge is 2.14. The fraction of sp³-hybridized carbons (Fsp3) is 0.300.